The number of likely N-dealkylation sites (N-methyl/N-ethyl adjacent to an activating group) is 2. The van der Waals surface area contributed by atoms with Gasteiger partial charge in [0, 0.05) is 18.1 Å². The Hall–Kier alpha value is -0.120. The predicted octanol–water partition coefficient (Wildman–Crippen LogP) is 2.57. The van der Waals surface area contributed by atoms with Crippen LogP contribution in [0.25, 0.3) is 0 Å². The van der Waals surface area contributed by atoms with Crippen molar-refractivity contribution in [2.75, 3.05) is 33.7 Å². The van der Waals surface area contributed by atoms with Crippen LogP contribution in [0.3, 0.4) is 0 Å². The zero-order valence-corrected chi connectivity index (χ0v) is 14.1. The number of nitrogens with one attached hydrogen (secondary N) is 1. The minimum absolute atomic E-state index is 0.701. The van der Waals surface area contributed by atoms with Crippen molar-refractivity contribution < 1.29 is 0 Å². The van der Waals surface area contributed by atoms with Gasteiger partial charge in [0.25, 0.3) is 0 Å². The fourth-order valence-electron chi connectivity index (χ4n) is 4.30. The lowest BCUT2D eigenvalue weighted by molar-refractivity contribution is 0.0519. The van der Waals surface area contributed by atoms with Crippen LogP contribution in [0.5, 0.6) is 0 Å². The van der Waals surface area contributed by atoms with Crippen molar-refractivity contribution in [2.24, 2.45) is 5.92 Å². The van der Waals surface area contributed by atoms with Crippen molar-refractivity contribution >= 4 is 0 Å². The van der Waals surface area contributed by atoms with E-state index in [9.17, 15) is 0 Å². The molecule has 0 aromatic heterocycles. The average molecular weight is 281 g/mol. The Bertz CT molecular complexity index is 273. The predicted molar refractivity (Wildman–Crippen MR) is 87.2 cm³/mol. The van der Waals surface area contributed by atoms with Crippen LogP contribution in [-0.4, -0.2) is 61.7 Å². The van der Waals surface area contributed by atoms with E-state index in [2.05, 4.69) is 43.1 Å². The highest BCUT2D eigenvalue weighted by Gasteiger charge is 2.35. The molecule has 20 heavy (non-hydrogen) atoms. The van der Waals surface area contributed by atoms with E-state index in [4.69, 9.17) is 0 Å². The number of rotatable bonds is 5. The normalized spacial score (nSPS) is 33.8. The van der Waals surface area contributed by atoms with Gasteiger partial charge in [-0.05, 0) is 71.8 Å². The molecule has 0 amide bonds. The first kappa shape index (κ1) is 16.3. The van der Waals surface area contributed by atoms with E-state index in [1.54, 1.807) is 0 Å². The van der Waals surface area contributed by atoms with E-state index in [0.29, 0.717) is 6.04 Å². The summed E-state index contributed by atoms with van der Waals surface area (Å²) in [5.74, 6) is 0.947. The van der Waals surface area contributed by atoms with E-state index in [1.807, 2.05) is 0 Å². The molecule has 2 fully saturated rings. The molecule has 0 aromatic carbocycles. The second-order valence-electron chi connectivity index (χ2n) is 6.88. The Labute approximate surface area is 126 Å². The second-order valence-corrected chi connectivity index (χ2v) is 6.88. The first-order chi connectivity index (χ1) is 9.69. The Morgan fingerprint density at radius 2 is 1.80 bits per heavy atom. The third kappa shape index (κ3) is 3.75. The van der Waals surface area contributed by atoms with Crippen LogP contribution < -0.4 is 5.32 Å². The lowest BCUT2D eigenvalue weighted by atomic mass is 9.79. The molecule has 1 heterocycles. The number of piperidine rings is 1. The van der Waals surface area contributed by atoms with Gasteiger partial charge in [0.05, 0.1) is 0 Å². The van der Waals surface area contributed by atoms with E-state index < -0.39 is 0 Å². The van der Waals surface area contributed by atoms with Gasteiger partial charge in [-0.15, -0.1) is 0 Å². The van der Waals surface area contributed by atoms with Crippen molar-refractivity contribution in [2.45, 2.75) is 70.5 Å². The van der Waals surface area contributed by atoms with Gasteiger partial charge in [0.1, 0.15) is 0 Å². The second kappa shape index (κ2) is 7.77. The molecule has 3 heteroatoms. The van der Waals surface area contributed by atoms with E-state index >= 15 is 0 Å². The fourth-order valence-corrected chi connectivity index (χ4v) is 4.30. The SMILES string of the molecule is CCC1CCC(NC)C(N(C)C2CCN(CC)CC2)C1. The summed E-state index contributed by atoms with van der Waals surface area (Å²) < 4.78 is 0. The maximum Gasteiger partial charge on any atom is 0.0251 e. The number of hydrogen-bond acceptors (Lipinski definition) is 3. The van der Waals surface area contributed by atoms with Gasteiger partial charge >= 0.3 is 0 Å². The average Bonchev–Trinajstić information content (AvgIpc) is 2.53. The molecular formula is C17H35N3. The Morgan fingerprint density at radius 3 is 2.35 bits per heavy atom. The van der Waals surface area contributed by atoms with Crippen molar-refractivity contribution in [3.63, 3.8) is 0 Å². The van der Waals surface area contributed by atoms with Gasteiger partial charge in [0.2, 0.25) is 0 Å². The molecule has 3 unspecified atom stereocenters. The maximum atomic E-state index is 3.59. The molecule has 118 valence electrons. The van der Waals surface area contributed by atoms with Crippen LogP contribution >= 0.6 is 0 Å². The molecule has 0 bridgehead atoms. The van der Waals surface area contributed by atoms with Crippen molar-refractivity contribution in [3.05, 3.63) is 0 Å². The van der Waals surface area contributed by atoms with Gasteiger partial charge in [-0.2, -0.15) is 0 Å². The highest BCUT2D eigenvalue weighted by atomic mass is 15.2. The molecule has 1 saturated heterocycles. The molecule has 0 aromatic rings. The Kier molecular flexibility index (Phi) is 6.31. The van der Waals surface area contributed by atoms with Crippen molar-refractivity contribution in [1.29, 1.82) is 0 Å². The summed E-state index contributed by atoms with van der Waals surface area (Å²) in [5, 5.41) is 3.59. The van der Waals surface area contributed by atoms with Crippen LogP contribution in [0.1, 0.15) is 52.4 Å². The molecule has 2 rings (SSSR count). The van der Waals surface area contributed by atoms with Gasteiger partial charge in [-0.3, -0.25) is 4.90 Å². The molecule has 1 saturated carbocycles. The zero-order valence-electron chi connectivity index (χ0n) is 14.1. The first-order valence-corrected chi connectivity index (χ1v) is 8.81. The van der Waals surface area contributed by atoms with Crippen LogP contribution in [0, 0.1) is 5.92 Å². The highest BCUT2D eigenvalue weighted by Crippen LogP contribution is 2.31. The lowest BCUT2D eigenvalue weighted by Crippen LogP contribution is -2.56. The van der Waals surface area contributed by atoms with Crippen LogP contribution in [0.2, 0.25) is 0 Å². The maximum absolute atomic E-state index is 3.59. The molecule has 2 aliphatic rings. The van der Waals surface area contributed by atoms with Crippen molar-refractivity contribution in [1.82, 2.24) is 15.1 Å². The first-order valence-electron chi connectivity index (χ1n) is 8.81. The van der Waals surface area contributed by atoms with Crippen molar-refractivity contribution in [3.8, 4) is 0 Å². The number of likely N-dealkylation sites (tertiary alicyclic amines) is 1. The quantitative estimate of drug-likeness (QED) is 0.835. The monoisotopic (exact) mass is 281 g/mol. The topological polar surface area (TPSA) is 18.5 Å². The molecule has 1 N–H and O–H groups in total. The van der Waals surface area contributed by atoms with Crippen LogP contribution in [0.4, 0.5) is 0 Å². The van der Waals surface area contributed by atoms with Gasteiger partial charge in [-0.25, -0.2) is 0 Å². The largest absolute Gasteiger partial charge is 0.315 e. The highest BCUT2D eigenvalue weighted by molar-refractivity contribution is 4.92. The molecular weight excluding hydrogens is 246 g/mol. The van der Waals surface area contributed by atoms with Gasteiger partial charge < -0.3 is 10.2 Å². The number of nitrogens with zero attached hydrogens (tertiary/aromatic N) is 2. The third-order valence-electron chi connectivity index (χ3n) is 5.98. The minimum Gasteiger partial charge on any atom is -0.315 e. The van der Waals surface area contributed by atoms with E-state index in [1.165, 1.54) is 58.2 Å². The molecule has 0 spiro atoms. The summed E-state index contributed by atoms with van der Waals surface area (Å²) in [4.78, 5) is 5.32. The summed E-state index contributed by atoms with van der Waals surface area (Å²) in [7, 11) is 4.54. The standard InChI is InChI=1S/C17H35N3/c1-5-14-7-8-16(18-3)17(13-14)19(4)15-9-11-20(6-2)12-10-15/h14-18H,5-13H2,1-4H3. The summed E-state index contributed by atoms with van der Waals surface area (Å²) in [5.41, 5.74) is 0. The summed E-state index contributed by atoms with van der Waals surface area (Å²) in [6, 6.07) is 2.25. The molecule has 3 atom stereocenters. The minimum atomic E-state index is 0.701. The number of hydrogen-bond donors (Lipinski definition) is 1. The third-order valence-corrected chi connectivity index (χ3v) is 5.98. The Morgan fingerprint density at radius 1 is 1.10 bits per heavy atom. The summed E-state index contributed by atoms with van der Waals surface area (Å²) in [6.07, 6.45) is 8.24. The van der Waals surface area contributed by atoms with Gasteiger partial charge in [-0.1, -0.05) is 20.3 Å². The smallest absolute Gasteiger partial charge is 0.0251 e. The molecule has 3 nitrogen and oxygen atoms in total. The fraction of sp³-hybridized carbons (Fsp3) is 1.00. The Balaban J connectivity index is 1.93. The van der Waals surface area contributed by atoms with Crippen LogP contribution in [-0.2, 0) is 0 Å². The molecule has 1 aliphatic heterocycles. The summed E-state index contributed by atoms with van der Waals surface area (Å²) >= 11 is 0. The van der Waals surface area contributed by atoms with Crippen LogP contribution in [0.15, 0.2) is 0 Å². The summed E-state index contributed by atoms with van der Waals surface area (Å²) in [6.45, 7) is 8.45. The zero-order chi connectivity index (χ0) is 14.5. The lowest BCUT2D eigenvalue weighted by Gasteiger charge is -2.46. The van der Waals surface area contributed by atoms with Gasteiger partial charge in [0.15, 0.2) is 0 Å². The van der Waals surface area contributed by atoms with E-state index in [0.717, 1.165) is 18.0 Å². The molecule has 1 aliphatic carbocycles. The molecule has 0 radical (unpaired) electrons. The van der Waals surface area contributed by atoms with E-state index in [-0.39, 0.29) is 0 Å².